The Morgan fingerprint density at radius 2 is 1.77 bits per heavy atom. The number of carboxylic acids is 1. The summed E-state index contributed by atoms with van der Waals surface area (Å²) in [5.74, 6) is -1.18. The summed E-state index contributed by atoms with van der Waals surface area (Å²) in [4.78, 5) is 10.1. The molecule has 13 heavy (non-hydrogen) atoms. The SMILES string of the molecule is O=C(O)C[C@H](O)C[C@H](O)C(Cl)(Cl)Cl. The zero-order valence-corrected chi connectivity index (χ0v) is 8.72. The Balaban J connectivity index is 3.92. The van der Waals surface area contributed by atoms with E-state index in [2.05, 4.69) is 0 Å². The van der Waals surface area contributed by atoms with E-state index in [1.165, 1.54) is 0 Å². The Bertz CT molecular complexity index is 179. The predicted octanol–water partition coefficient (Wildman–Crippen LogP) is 0.943. The molecular formula is C6H9Cl3O4. The van der Waals surface area contributed by atoms with E-state index in [0.29, 0.717) is 0 Å². The molecule has 0 saturated carbocycles. The Labute approximate surface area is 90.0 Å². The first-order chi connectivity index (χ1) is 5.73. The zero-order valence-electron chi connectivity index (χ0n) is 6.45. The zero-order chi connectivity index (χ0) is 10.6. The standard InChI is InChI=1S/C6H9Cl3O4/c7-6(8,9)4(11)1-3(10)2-5(12)13/h3-4,10-11H,1-2H2,(H,12,13)/t3-,4+/m1/s1. The van der Waals surface area contributed by atoms with Crippen LogP contribution in [0.25, 0.3) is 0 Å². The highest BCUT2D eigenvalue weighted by Crippen LogP contribution is 2.32. The summed E-state index contributed by atoms with van der Waals surface area (Å²) < 4.78 is -1.90. The quantitative estimate of drug-likeness (QED) is 0.650. The predicted molar refractivity (Wildman–Crippen MR) is 49.2 cm³/mol. The lowest BCUT2D eigenvalue weighted by Gasteiger charge is -2.20. The van der Waals surface area contributed by atoms with E-state index in [4.69, 9.17) is 50.1 Å². The van der Waals surface area contributed by atoms with Gasteiger partial charge in [-0.3, -0.25) is 4.79 Å². The van der Waals surface area contributed by atoms with Crippen LogP contribution in [0.4, 0.5) is 0 Å². The van der Waals surface area contributed by atoms with Crippen molar-refractivity contribution in [1.29, 1.82) is 0 Å². The molecule has 0 rings (SSSR count). The number of hydrogen-bond acceptors (Lipinski definition) is 3. The fourth-order valence-corrected chi connectivity index (χ4v) is 0.944. The third kappa shape index (κ3) is 6.35. The smallest absolute Gasteiger partial charge is 0.305 e. The minimum atomic E-state index is -1.90. The van der Waals surface area contributed by atoms with E-state index in [9.17, 15) is 4.79 Å². The molecule has 0 amide bonds. The third-order valence-corrected chi connectivity index (χ3v) is 2.04. The second kappa shape index (κ2) is 5.22. The highest BCUT2D eigenvalue weighted by Gasteiger charge is 2.32. The van der Waals surface area contributed by atoms with Crippen molar-refractivity contribution < 1.29 is 20.1 Å². The fraction of sp³-hybridized carbons (Fsp3) is 0.833. The van der Waals surface area contributed by atoms with Crippen molar-refractivity contribution in [3.05, 3.63) is 0 Å². The van der Waals surface area contributed by atoms with Gasteiger partial charge in [0.25, 0.3) is 0 Å². The Hall–Kier alpha value is 0.260. The lowest BCUT2D eigenvalue weighted by Crippen LogP contribution is -2.30. The van der Waals surface area contributed by atoms with Gasteiger partial charge in [-0.1, -0.05) is 34.8 Å². The summed E-state index contributed by atoms with van der Waals surface area (Å²) in [6.07, 6.45) is -3.38. The largest absolute Gasteiger partial charge is 0.481 e. The molecule has 0 aliphatic heterocycles. The van der Waals surface area contributed by atoms with Gasteiger partial charge in [-0.25, -0.2) is 0 Å². The van der Waals surface area contributed by atoms with Crippen molar-refractivity contribution in [3.63, 3.8) is 0 Å². The van der Waals surface area contributed by atoms with Gasteiger partial charge in [0.1, 0.15) is 6.10 Å². The maximum absolute atomic E-state index is 10.1. The molecule has 0 aliphatic rings. The number of alkyl halides is 3. The maximum atomic E-state index is 10.1. The van der Waals surface area contributed by atoms with Crippen LogP contribution < -0.4 is 0 Å². The van der Waals surface area contributed by atoms with E-state index in [1.807, 2.05) is 0 Å². The van der Waals surface area contributed by atoms with Crippen LogP contribution in [-0.2, 0) is 4.79 Å². The molecule has 0 spiro atoms. The lowest BCUT2D eigenvalue weighted by molar-refractivity contribution is -0.139. The first-order valence-corrected chi connectivity index (χ1v) is 4.51. The Kier molecular flexibility index (Phi) is 5.32. The van der Waals surface area contributed by atoms with E-state index >= 15 is 0 Å². The number of aliphatic hydroxyl groups excluding tert-OH is 2. The van der Waals surface area contributed by atoms with Gasteiger partial charge in [-0.05, 0) is 0 Å². The van der Waals surface area contributed by atoms with Gasteiger partial charge in [-0.15, -0.1) is 0 Å². The van der Waals surface area contributed by atoms with E-state index in [-0.39, 0.29) is 6.42 Å². The van der Waals surface area contributed by atoms with Gasteiger partial charge in [0.2, 0.25) is 3.79 Å². The summed E-state index contributed by atoms with van der Waals surface area (Å²) in [7, 11) is 0. The van der Waals surface area contributed by atoms with Crippen molar-refractivity contribution in [2.75, 3.05) is 0 Å². The molecule has 0 aromatic rings. The van der Waals surface area contributed by atoms with Crippen LogP contribution in [-0.4, -0.2) is 37.3 Å². The molecule has 0 bridgehead atoms. The van der Waals surface area contributed by atoms with E-state index in [1.54, 1.807) is 0 Å². The van der Waals surface area contributed by atoms with Crippen LogP contribution in [0.5, 0.6) is 0 Å². The second-order valence-corrected chi connectivity index (χ2v) is 4.91. The summed E-state index contributed by atoms with van der Waals surface area (Å²) in [5, 5.41) is 26.4. The molecule has 2 atom stereocenters. The van der Waals surface area contributed by atoms with Gasteiger partial charge in [0.05, 0.1) is 12.5 Å². The monoisotopic (exact) mass is 250 g/mol. The number of carbonyl (C=O) groups is 1. The molecule has 0 radical (unpaired) electrons. The van der Waals surface area contributed by atoms with Crippen molar-refractivity contribution in [3.8, 4) is 0 Å². The van der Waals surface area contributed by atoms with Gasteiger partial charge >= 0.3 is 5.97 Å². The third-order valence-electron chi connectivity index (χ3n) is 1.28. The number of hydrogen-bond donors (Lipinski definition) is 3. The molecule has 7 heteroatoms. The molecular weight excluding hydrogens is 242 g/mol. The van der Waals surface area contributed by atoms with Crippen molar-refractivity contribution in [1.82, 2.24) is 0 Å². The number of aliphatic hydroxyl groups is 2. The van der Waals surface area contributed by atoms with E-state index in [0.717, 1.165) is 0 Å². The number of rotatable bonds is 4. The summed E-state index contributed by atoms with van der Waals surface area (Å²) in [6.45, 7) is 0. The molecule has 0 fully saturated rings. The Morgan fingerprint density at radius 1 is 1.31 bits per heavy atom. The van der Waals surface area contributed by atoms with Gasteiger partial charge in [0, 0.05) is 6.42 Å². The number of carboxylic acid groups (broad SMARTS) is 1. The van der Waals surface area contributed by atoms with Crippen molar-refractivity contribution in [2.45, 2.75) is 28.8 Å². The van der Waals surface area contributed by atoms with Crippen molar-refractivity contribution >= 4 is 40.8 Å². The fourth-order valence-electron chi connectivity index (χ4n) is 0.676. The summed E-state index contributed by atoms with van der Waals surface area (Å²) in [5.41, 5.74) is 0. The van der Waals surface area contributed by atoms with Gasteiger partial charge < -0.3 is 15.3 Å². The van der Waals surface area contributed by atoms with E-state index < -0.39 is 28.4 Å². The molecule has 0 heterocycles. The molecule has 0 aliphatic carbocycles. The average molecular weight is 251 g/mol. The first-order valence-electron chi connectivity index (χ1n) is 3.38. The molecule has 0 aromatic heterocycles. The molecule has 0 unspecified atom stereocenters. The first kappa shape index (κ1) is 13.3. The average Bonchev–Trinajstić information content (AvgIpc) is 1.82. The van der Waals surface area contributed by atoms with Crippen molar-refractivity contribution in [2.24, 2.45) is 0 Å². The van der Waals surface area contributed by atoms with Crippen LogP contribution in [0.3, 0.4) is 0 Å². The highest BCUT2D eigenvalue weighted by atomic mass is 35.6. The molecule has 0 aromatic carbocycles. The summed E-state index contributed by atoms with van der Waals surface area (Å²) in [6, 6.07) is 0. The van der Waals surface area contributed by atoms with Crippen LogP contribution >= 0.6 is 34.8 Å². The minimum absolute atomic E-state index is 0.289. The van der Waals surface area contributed by atoms with Crippen LogP contribution in [0.2, 0.25) is 0 Å². The minimum Gasteiger partial charge on any atom is -0.481 e. The topological polar surface area (TPSA) is 77.8 Å². The van der Waals surface area contributed by atoms with Crippen LogP contribution in [0.1, 0.15) is 12.8 Å². The van der Waals surface area contributed by atoms with Gasteiger partial charge in [0.15, 0.2) is 0 Å². The highest BCUT2D eigenvalue weighted by molar-refractivity contribution is 6.68. The van der Waals surface area contributed by atoms with Crippen LogP contribution in [0, 0.1) is 0 Å². The Morgan fingerprint density at radius 3 is 2.08 bits per heavy atom. The van der Waals surface area contributed by atoms with Crippen LogP contribution in [0.15, 0.2) is 0 Å². The lowest BCUT2D eigenvalue weighted by atomic mass is 10.1. The maximum Gasteiger partial charge on any atom is 0.305 e. The van der Waals surface area contributed by atoms with Gasteiger partial charge in [-0.2, -0.15) is 0 Å². The molecule has 0 saturated heterocycles. The molecule has 3 N–H and O–H groups in total. The molecule has 78 valence electrons. The second-order valence-electron chi connectivity index (χ2n) is 2.54. The number of aliphatic carboxylic acids is 1. The summed E-state index contributed by atoms with van der Waals surface area (Å²) >= 11 is 15.9. The number of halogens is 3. The normalized spacial score (nSPS) is 16.7. The molecule has 4 nitrogen and oxygen atoms in total.